The second kappa shape index (κ2) is 6.57. The van der Waals surface area contributed by atoms with Crippen molar-refractivity contribution in [3.63, 3.8) is 0 Å². The number of nitrogens with zero attached hydrogens (tertiary/aromatic N) is 1. The molecule has 0 saturated carbocycles. The Morgan fingerprint density at radius 2 is 2.00 bits per heavy atom. The standard InChI is InChI=1S/C15H20N2OS/c1-12(2)14-11-16-15(19)17(14)9-6-10-18-13-7-4-3-5-8-13/h3-5,7-8,11-12H,6,9-10H2,1-2H3,(H,16,19). The Bertz CT molecular complexity index is 557. The molecule has 19 heavy (non-hydrogen) atoms. The fourth-order valence-electron chi connectivity index (χ4n) is 2.05. The van der Waals surface area contributed by atoms with Crippen LogP contribution in [0.1, 0.15) is 31.9 Å². The van der Waals surface area contributed by atoms with Gasteiger partial charge in [-0.05, 0) is 36.7 Å². The van der Waals surface area contributed by atoms with Crippen molar-refractivity contribution >= 4 is 12.2 Å². The molecule has 0 unspecified atom stereocenters. The Kier molecular flexibility index (Phi) is 4.80. The van der Waals surface area contributed by atoms with E-state index in [2.05, 4.69) is 23.4 Å². The zero-order chi connectivity index (χ0) is 13.7. The van der Waals surface area contributed by atoms with Gasteiger partial charge in [-0.25, -0.2) is 0 Å². The lowest BCUT2D eigenvalue weighted by Gasteiger charge is -2.11. The van der Waals surface area contributed by atoms with Gasteiger partial charge >= 0.3 is 0 Å². The van der Waals surface area contributed by atoms with Crippen LogP contribution in [0.25, 0.3) is 0 Å². The number of para-hydroxylation sites is 1. The quantitative estimate of drug-likeness (QED) is 0.635. The highest BCUT2D eigenvalue weighted by molar-refractivity contribution is 7.71. The molecule has 0 aliphatic heterocycles. The Morgan fingerprint density at radius 3 is 2.68 bits per heavy atom. The minimum atomic E-state index is 0.475. The van der Waals surface area contributed by atoms with E-state index < -0.39 is 0 Å². The topological polar surface area (TPSA) is 29.9 Å². The van der Waals surface area contributed by atoms with Gasteiger partial charge in [-0.1, -0.05) is 32.0 Å². The molecule has 102 valence electrons. The summed E-state index contributed by atoms with van der Waals surface area (Å²) < 4.78 is 8.64. The summed E-state index contributed by atoms with van der Waals surface area (Å²) in [5.41, 5.74) is 1.25. The number of imidazole rings is 1. The summed E-state index contributed by atoms with van der Waals surface area (Å²) in [7, 11) is 0. The lowest BCUT2D eigenvalue weighted by atomic mass is 10.1. The molecule has 3 nitrogen and oxygen atoms in total. The second-order valence-electron chi connectivity index (χ2n) is 4.84. The largest absolute Gasteiger partial charge is 0.494 e. The number of benzene rings is 1. The molecule has 0 aliphatic carbocycles. The van der Waals surface area contributed by atoms with E-state index in [9.17, 15) is 0 Å². The number of ether oxygens (including phenoxy) is 1. The smallest absolute Gasteiger partial charge is 0.177 e. The molecule has 1 aromatic heterocycles. The van der Waals surface area contributed by atoms with E-state index in [1.54, 1.807) is 0 Å². The second-order valence-corrected chi connectivity index (χ2v) is 5.23. The first-order chi connectivity index (χ1) is 9.18. The molecule has 0 radical (unpaired) electrons. The molecular weight excluding hydrogens is 256 g/mol. The highest BCUT2D eigenvalue weighted by Crippen LogP contribution is 2.15. The maximum absolute atomic E-state index is 5.69. The predicted octanol–water partition coefficient (Wildman–Crippen LogP) is 4.14. The van der Waals surface area contributed by atoms with Crippen molar-refractivity contribution in [3.8, 4) is 5.75 Å². The van der Waals surface area contributed by atoms with Crippen molar-refractivity contribution in [1.82, 2.24) is 9.55 Å². The number of rotatable bonds is 6. The highest BCUT2D eigenvalue weighted by atomic mass is 32.1. The monoisotopic (exact) mass is 276 g/mol. The molecule has 0 spiro atoms. The van der Waals surface area contributed by atoms with Crippen LogP contribution < -0.4 is 4.74 Å². The van der Waals surface area contributed by atoms with Gasteiger partial charge in [0.05, 0.1) is 6.61 Å². The zero-order valence-electron chi connectivity index (χ0n) is 11.4. The molecular formula is C15H20N2OS. The Balaban J connectivity index is 1.86. The summed E-state index contributed by atoms with van der Waals surface area (Å²) in [4.78, 5) is 3.11. The first-order valence-corrected chi connectivity index (χ1v) is 7.05. The fourth-order valence-corrected chi connectivity index (χ4v) is 2.30. The number of aromatic amines is 1. The molecule has 0 fully saturated rings. The summed E-state index contributed by atoms with van der Waals surface area (Å²) in [5.74, 6) is 1.40. The van der Waals surface area contributed by atoms with Crippen LogP contribution in [-0.2, 0) is 6.54 Å². The van der Waals surface area contributed by atoms with Gasteiger partial charge in [0.1, 0.15) is 5.75 Å². The van der Waals surface area contributed by atoms with Crippen molar-refractivity contribution in [2.24, 2.45) is 0 Å². The van der Waals surface area contributed by atoms with Crippen molar-refractivity contribution in [2.75, 3.05) is 6.61 Å². The number of nitrogens with one attached hydrogen (secondary N) is 1. The number of aromatic nitrogens is 2. The number of hydrogen-bond acceptors (Lipinski definition) is 2. The first-order valence-electron chi connectivity index (χ1n) is 6.64. The molecule has 0 aliphatic rings. The van der Waals surface area contributed by atoms with Gasteiger partial charge in [-0.15, -0.1) is 0 Å². The molecule has 2 aromatic rings. The number of hydrogen-bond donors (Lipinski definition) is 1. The summed E-state index contributed by atoms with van der Waals surface area (Å²) in [5, 5.41) is 0. The van der Waals surface area contributed by atoms with Crippen molar-refractivity contribution in [3.05, 3.63) is 47.0 Å². The molecule has 1 N–H and O–H groups in total. The molecule has 0 saturated heterocycles. The van der Waals surface area contributed by atoms with Gasteiger partial charge in [0.15, 0.2) is 4.77 Å². The minimum Gasteiger partial charge on any atom is -0.494 e. The predicted molar refractivity (Wildman–Crippen MR) is 80.3 cm³/mol. The molecule has 0 amide bonds. The van der Waals surface area contributed by atoms with Gasteiger partial charge in [0, 0.05) is 18.4 Å². The molecule has 1 aromatic carbocycles. The first kappa shape index (κ1) is 13.9. The summed E-state index contributed by atoms with van der Waals surface area (Å²) in [6.07, 6.45) is 2.95. The third-order valence-electron chi connectivity index (χ3n) is 3.03. The van der Waals surface area contributed by atoms with Gasteiger partial charge in [0.2, 0.25) is 0 Å². The minimum absolute atomic E-state index is 0.475. The summed E-state index contributed by atoms with van der Waals surface area (Å²) in [6.45, 7) is 5.95. The van der Waals surface area contributed by atoms with Crippen molar-refractivity contribution in [2.45, 2.75) is 32.7 Å². The van der Waals surface area contributed by atoms with Crippen molar-refractivity contribution in [1.29, 1.82) is 0 Å². The van der Waals surface area contributed by atoms with Crippen LogP contribution in [0.2, 0.25) is 0 Å². The van der Waals surface area contributed by atoms with E-state index >= 15 is 0 Å². The maximum atomic E-state index is 5.69. The zero-order valence-corrected chi connectivity index (χ0v) is 12.2. The molecule has 4 heteroatoms. The number of H-pyrrole nitrogens is 1. The van der Waals surface area contributed by atoms with E-state index in [0.717, 1.165) is 23.5 Å². The van der Waals surface area contributed by atoms with E-state index in [1.807, 2.05) is 36.5 Å². The van der Waals surface area contributed by atoms with Crippen LogP contribution >= 0.6 is 12.2 Å². The van der Waals surface area contributed by atoms with Crippen LogP contribution in [-0.4, -0.2) is 16.2 Å². The Hall–Kier alpha value is -1.55. The molecule has 0 bridgehead atoms. The van der Waals surface area contributed by atoms with E-state index in [4.69, 9.17) is 17.0 Å². The van der Waals surface area contributed by atoms with Crippen LogP contribution in [0.3, 0.4) is 0 Å². The van der Waals surface area contributed by atoms with Crippen molar-refractivity contribution < 1.29 is 4.74 Å². The molecule has 0 atom stereocenters. The Labute approximate surface area is 119 Å². The van der Waals surface area contributed by atoms with Gasteiger partial charge in [-0.2, -0.15) is 0 Å². The molecule has 1 heterocycles. The maximum Gasteiger partial charge on any atom is 0.177 e. The third kappa shape index (κ3) is 3.70. The highest BCUT2D eigenvalue weighted by Gasteiger charge is 2.07. The lowest BCUT2D eigenvalue weighted by molar-refractivity contribution is 0.300. The average Bonchev–Trinajstić information content (AvgIpc) is 2.77. The van der Waals surface area contributed by atoms with Crippen LogP contribution in [0.4, 0.5) is 0 Å². The van der Waals surface area contributed by atoms with Gasteiger partial charge in [-0.3, -0.25) is 0 Å². The van der Waals surface area contributed by atoms with E-state index in [1.165, 1.54) is 5.69 Å². The summed E-state index contributed by atoms with van der Waals surface area (Å²) >= 11 is 5.30. The molecule has 2 rings (SSSR count). The van der Waals surface area contributed by atoms with Crippen LogP contribution in [0, 0.1) is 4.77 Å². The fraction of sp³-hybridized carbons (Fsp3) is 0.400. The van der Waals surface area contributed by atoms with E-state index in [0.29, 0.717) is 12.5 Å². The van der Waals surface area contributed by atoms with Gasteiger partial charge in [0.25, 0.3) is 0 Å². The average molecular weight is 276 g/mol. The lowest BCUT2D eigenvalue weighted by Crippen LogP contribution is -2.08. The van der Waals surface area contributed by atoms with Crippen LogP contribution in [0.5, 0.6) is 5.75 Å². The summed E-state index contributed by atoms with van der Waals surface area (Å²) in [6, 6.07) is 9.90. The van der Waals surface area contributed by atoms with E-state index in [-0.39, 0.29) is 0 Å². The normalized spacial score (nSPS) is 10.9. The SMILES string of the molecule is CC(C)c1c[nH]c(=S)n1CCCOc1ccccc1. The van der Waals surface area contributed by atoms with Crippen LogP contribution in [0.15, 0.2) is 36.5 Å². The van der Waals surface area contributed by atoms with Gasteiger partial charge < -0.3 is 14.3 Å². The Morgan fingerprint density at radius 1 is 1.26 bits per heavy atom. The third-order valence-corrected chi connectivity index (χ3v) is 3.37.